The van der Waals surface area contributed by atoms with E-state index in [1.165, 1.54) is 0 Å². The summed E-state index contributed by atoms with van der Waals surface area (Å²) in [6.07, 6.45) is 0. The van der Waals surface area contributed by atoms with E-state index in [0.717, 1.165) is 37.9 Å². The standard InChI is InChI=1S/C21H21N5O3S/c1-11-7-16(13(3)26(11)20-14(10-22-28)8-12(2)30-20)19(27)25-21-23-17-6-5-15(29-4)9-18(17)24-21/h5-9H,10H2,1-4H3,(H2,23,24,25,27). The van der Waals surface area contributed by atoms with Crippen molar-refractivity contribution in [3.63, 3.8) is 0 Å². The van der Waals surface area contributed by atoms with E-state index in [1.54, 1.807) is 18.4 Å². The predicted octanol–water partition coefficient (Wildman–Crippen LogP) is 4.87. The average Bonchev–Trinajstić information content (AvgIpc) is 3.36. The molecular weight excluding hydrogens is 402 g/mol. The lowest BCUT2D eigenvalue weighted by molar-refractivity contribution is 0.102. The third-order valence-corrected chi connectivity index (χ3v) is 6.02. The number of rotatable bonds is 6. The Morgan fingerprint density at radius 3 is 2.80 bits per heavy atom. The minimum atomic E-state index is -0.260. The van der Waals surface area contributed by atoms with Gasteiger partial charge in [-0.05, 0) is 45.0 Å². The number of carbonyl (C=O) groups excluding carboxylic acids is 1. The van der Waals surface area contributed by atoms with E-state index in [4.69, 9.17) is 4.74 Å². The minimum absolute atomic E-state index is 0.0979. The van der Waals surface area contributed by atoms with Gasteiger partial charge in [-0.15, -0.1) is 11.3 Å². The molecule has 0 aliphatic rings. The molecule has 0 radical (unpaired) electrons. The summed E-state index contributed by atoms with van der Waals surface area (Å²) in [4.78, 5) is 32.4. The van der Waals surface area contributed by atoms with Crippen LogP contribution < -0.4 is 10.1 Å². The van der Waals surface area contributed by atoms with Crippen LogP contribution in [0.5, 0.6) is 5.75 Å². The summed E-state index contributed by atoms with van der Waals surface area (Å²) < 4.78 is 7.22. The van der Waals surface area contributed by atoms with Crippen LogP contribution >= 0.6 is 11.3 Å². The highest BCUT2D eigenvalue weighted by molar-refractivity contribution is 7.14. The van der Waals surface area contributed by atoms with E-state index in [2.05, 4.69) is 20.5 Å². The molecule has 4 aromatic rings. The van der Waals surface area contributed by atoms with Crippen LogP contribution in [0.3, 0.4) is 0 Å². The van der Waals surface area contributed by atoms with Gasteiger partial charge in [-0.2, -0.15) is 4.91 Å². The first-order valence-corrected chi connectivity index (χ1v) is 10.2. The summed E-state index contributed by atoms with van der Waals surface area (Å²) in [5, 5.41) is 6.79. The number of nitroso groups, excluding NO2 is 1. The van der Waals surface area contributed by atoms with Crippen molar-refractivity contribution in [3.8, 4) is 10.8 Å². The zero-order valence-electron chi connectivity index (χ0n) is 17.1. The lowest BCUT2D eigenvalue weighted by atomic mass is 10.2. The molecule has 0 spiro atoms. The Bertz CT molecular complexity index is 1270. The molecule has 2 N–H and O–H groups in total. The third-order valence-electron chi connectivity index (χ3n) is 4.94. The maximum Gasteiger partial charge on any atom is 0.259 e. The number of carbonyl (C=O) groups is 1. The number of imidazole rings is 1. The fourth-order valence-corrected chi connectivity index (χ4v) is 4.71. The van der Waals surface area contributed by atoms with Crippen molar-refractivity contribution in [2.45, 2.75) is 27.3 Å². The number of methoxy groups -OCH3 is 1. The molecule has 154 valence electrons. The maximum atomic E-state index is 13.0. The number of hydrogen-bond acceptors (Lipinski definition) is 6. The zero-order chi connectivity index (χ0) is 21.4. The van der Waals surface area contributed by atoms with Gasteiger partial charge in [-0.25, -0.2) is 4.98 Å². The summed E-state index contributed by atoms with van der Waals surface area (Å²) in [6, 6.07) is 9.27. The van der Waals surface area contributed by atoms with Crippen molar-refractivity contribution in [2.75, 3.05) is 12.4 Å². The number of hydrogen-bond donors (Lipinski definition) is 2. The van der Waals surface area contributed by atoms with Gasteiger partial charge in [0.1, 0.15) is 17.3 Å². The lowest BCUT2D eigenvalue weighted by Gasteiger charge is -2.09. The molecule has 0 saturated carbocycles. The van der Waals surface area contributed by atoms with Gasteiger partial charge < -0.3 is 14.3 Å². The van der Waals surface area contributed by atoms with E-state index < -0.39 is 0 Å². The number of ether oxygens (including phenoxy) is 1. The largest absolute Gasteiger partial charge is 0.497 e. The van der Waals surface area contributed by atoms with Crippen molar-refractivity contribution in [3.05, 3.63) is 62.6 Å². The molecule has 1 aromatic carbocycles. The van der Waals surface area contributed by atoms with Gasteiger partial charge in [0, 0.05) is 27.9 Å². The first-order chi connectivity index (χ1) is 14.4. The molecule has 0 fully saturated rings. The van der Waals surface area contributed by atoms with Crippen LogP contribution in [0.25, 0.3) is 16.0 Å². The Morgan fingerprint density at radius 1 is 1.27 bits per heavy atom. The number of aryl methyl sites for hydroxylation is 2. The van der Waals surface area contributed by atoms with E-state index >= 15 is 0 Å². The second kappa shape index (κ2) is 7.75. The van der Waals surface area contributed by atoms with E-state index in [-0.39, 0.29) is 12.5 Å². The fraction of sp³-hybridized carbons (Fsp3) is 0.238. The first-order valence-electron chi connectivity index (χ1n) is 9.34. The van der Waals surface area contributed by atoms with Crippen LogP contribution in [-0.4, -0.2) is 27.6 Å². The van der Waals surface area contributed by atoms with Gasteiger partial charge in [0.05, 0.1) is 23.7 Å². The highest BCUT2D eigenvalue weighted by atomic mass is 32.1. The average molecular weight is 423 g/mol. The fourth-order valence-electron chi connectivity index (χ4n) is 3.58. The highest BCUT2D eigenvalue weighted by Crippen LogP contribution is 2.31. The molecule has 9 heteroatoms. The second-order valence-corrected chi connectivity index (χ2v) is 8.25. The van der Waals surface area contributed by atoms with E-state index in [9.17, 15) is 9.70 Å². The monoisotopic (exact) mass is 423 g/mol. The van der Waals surface area contributed by atoms with Crippen molar-refractivity contribution in [1.29, 1.82) is 0 Å². The number of amides is 1. The lowest BCUT2D eigenvalue weighted by Crippen LogP contribution is -2.14. The van der Waals surface area contributed by atoms with Crippen LogP contribution in [0.4, 0.5) is 5.95 Å². The van der Waals surface area contributed by atoms with Gasteiger partial charge in [0.15, 0.2) is 0 Å². The molecular formula is C21H21N5O3S. The Hall–Kier alpha value is -3.46. The maximum absolute atomic E-state index is 13.0. The van der Waals surface area contributed by atoms with Crippen molar-refractivity contribution >= 4 is 34.2 Å². The van der Waals surface area contributed by atoms with E-state index in [1.807, 2.05) is 55.7 Å². The zero-order valence-corrected chi connectivity index (χ0v) is 17.9. The number of thiophene rings is 1. The van der Waals surface area contributed by atoms with Crippen LogP contribution in [0.2, 0.25) is 0 Å². The van der Waals surface area contributed by atoms with Gasteiger partial charge in [0.25, 0.3) is 5.91 Å². The second-order valence-electron chi connectivity index (χ2n) is 7.02. The summed E-state index contributed by atoms with van der Waals surface area (Å²) >= 11 is 1.57. The number of nitrogens with one attached hydrogen (secondary N) is 2. The normalized spacial score (nSPS) is 11.1. The van der Waals surface area contributed by atoms with Crippen LogP contribution in [0.1, 0.15) is 32.2 Å². The van der Waals surface area contributed by atoms with E-state index in [0.29, 0.717) is 17.3 Å². The quantitative estimate of drug-likeness (QED) is 0.432. The Morgan fingerprint density at radius 2 is 2.07 bits per heavy atom. The Kier molecular flexibility index (Phi) is 5.13. The summed E-state index contributed by atoms with van der Waals surface area (Å²) in [7, 11) is 1.60. The van der Waals surface area contributed by atoms with Crippen LogP contribution in [0, 0.1) is 25.7 Å². The molecule has 0 aliphatic carbocycles. The molecule has 0 unspecified atom stereocenters. The molecule has 0 aliphatic heterocycles. The van der Waals surface area contributed by atoms with Crippen molar-refractivity contribution in [1.82, 2.24) is 14.5 Å². The number of fused-ring (bicyclic) bond motifs is 1. The molecule has 0 atom stereocenters. The Labute approximate surface area is 176 Å². The third kappa shape index (κ3) is 3.48. The van der Waals surface area contributed by atoms with Gasteiger partial charge in [-0.1, -0.05) is 5.18 Å². The molecule has 1 amide bonds. The SMILES string of the molecule is COc1ccc2nc(NC(=O)c3cc(C)n(-c4sc(C)cc4CN=O)c3C)[nH]c2c1. The van der Waals surface area contributed by atoms with Gasteiger partial charge in [-0.3, -0.25) is 10.1 Å². The minimum Gasteiger partial charge on any atom is -0.497 e. The highest BCUT2D eigenvalue weighted by Gasteiger charge is 2.20. The Balaban J connectivity index is 1.66. The topological polar surface area (TPSA) is 101 Å². The molecule has 0 saturated heterocycles. The predicted molar refractivity (Wildman–Crippen MR) is 118 cm³/mol. The van der Waals surface area contributed by atoms with Crippen molar-refractivity contribution < 1.29 is 9.53 Å². The van der Waals surface area contributed by atoms with Crippen molar-refractivity contribution in [2.24, 2.45) is 5.18 Å². The van der Waals surface area contributed by atoms with Crippen LogP contribution in [0.15, 0.2) is 35.5 Å². The van der Waals surface area contributed by atoms with Gasteiger partial charge >= 0.3 is 0 Å². The number of anilines is 1. The molecule has 3 heterocycles. The number of aromatic nitrogens is 3. The molecule has 3 aromatic heterocycles. The first kappa shape index (κ1) is 19.8. The summed E-state index contributed by atoms with van der Waals surface area (Å²) in [5.41, 5.74) is 4.60. The van der Waals surface area contributed by atoms with Crippen LogP contribution in [-0.2, 0) is 6.54 Å². The summed E-state index contributed by atoms with van der Waals surface area (Å²) in [5.74, 6) is 0.814. The molecule has 8 nitrogen and oxygen atoms in total. The molecule has 30 heavy (non-hydrogen) atoms. The molecule has 4 rings (SSSR count). The molecule has 0 bridgehead atoms. The number of aromatic amines is 1. The van der Waals surface area contributed by atoms with Gasteiger partial charge in [0.2, 0.25) is 5.95 Å². The number of benzene rings is 1. The smallest absolute Gasteiger partial charge is 0.259 e. The summed E-state index contributed by atoms with van der Waals surface area (Å²) in [6.45, 7) is 5.91. The number of nitrogens with zero attached hydrogens (tertiary/aromatic N) is 3. The number of H-pyrrole nitrogens is 1.